The van der Waals surface area contributed by atoms with Crippen molar-refractivity contribution in [3.8, 4) is 0 Å². The molecule has 0 aromatic carbocycles. The van der Waals surface area contributed by atoms with E-state index in [0.29, 0.717) is 19.1 Å². The number of ether oxygens (including phenoxy) is 1. The highest BCUT2D eigenvalue weighted by Gasteiger charge is 2.12. The number of aromatic nitrogens is 3. The van der Waals surface area contributed by atoms with E-state index in [1.54, 1.807) is 6.33 Å². The van der Waals surface area contributed by atoms with Crippen LogP contribution in [0.15, 0.2) is 6.33 Å². The third kappa shape index (κ3) is 3.90. The Labute approximate surface area is 97.0 Å². The number of rotatable bonds is 6. The molecule has 1 unspecified atom stereocenters. The smallest absolute Gasteiger partial charge is 0.138 e. The average Bonchev–Trinajstić information content (AvgIpc) is 2.62. The van der Waals surface area contributed by atoms with Gasteiger partial charge in [-0.05, 0) is 27.7 Å². The van der Waals surface area contributed by atoms with Crippen LogP contribution < -0.4 is 5.73 Å². The van der Waals surface area contributed by atoms with Crippen molar-refractivity contribution < 1.29 is 4.74 Å². The van der Waals surface area contributed by atoms with Crippen LogP contribution >= 0.6 is 0 Å². The lowest BCUT2D eigenvalue weighted by Crippen LogP contribution is -2.31. The van der Waals surface area contributed by atoms with E-state index in [-0.39, 0.29) is 12.1 Å². The average molecular weight is 226 g/mol. The second-order valence-corrected chi connectivity index (χ2v) is 4.56. The van der Waals surface area contributed by atoms with Gasteiger partial charge in [0.2, 0.25) is 0 Å². The zero-order valence-electron chi connectivity index (χ0n) is 10.6. The van der Waals surface area contributed by atoms with Gasteiger partial charge in [0.05, 0.1) is 12.7 Å². The summed E-state index contributed by atoms with van der Waals surface area (Å²) in [5.74, 6) is 0.926. The predicted molar refractivity (Wildman–Crippen MR) is 63.2 cm³/mol. The zero-order chi connectivity index (χ0) is 12.1. The van der Waals surface area contributed by atoms with Gasteiger partial charge in [0.1, 0.15) is 12.2 Å². The number of hydrogen-bond donors (Lipinski definition) is 1. The molecule has 0 amide bonds. The minimum absolute atomic E-state index is 0.0240. The van der Waals surface area contributed by atoms with Gasteiger partial charge in [0.25, 0.3) is 0 Å². The molecular weight excluding hydrogens is 204 g/mol. The van der Waals surface area contributed by atoms with Crippen LogP contribution in [0.5, 0.6) is 0 Å². The van der Waals surface area contributed by atoms with Crippen molar-refractivity contribution >= 4 is 0 Å². The molecule has 0 bridgehead atoms. The molecule has 1 aromatic rings. The Morgan fingerprint density at radius 1 is 1.38 bits per heavy atom. The van der Waals surface area contributed by atoms with E-state index in [2.05, 4.69) is 23.9 Å². The summed E-state index contributed by atoms with van der Waals surface area (Å²) in [6, 6.07) is 0.291. The van der Waals surface area contributed by atoms with E-state index in [4.69, 9.17) is 10.5 Å². The topological polar surface area (TPSA) is 66.0 Å². The molecule has 92 valence electrons. The third-order valence-electron chi connectivity index (χ3n) is 2.22. The summed E-state index contributed by atoms with van der Waals surface area (Å²) in [6.45, 7) is 8.72. The Bertz CT molecular complexity index is 309. The summed E-state index contributed by atoms with van der Waals surface area (Å²) < 4.78 is 7.37. The Balaban J connectivity index is 2.49. The molecule has 5 heteroatoms. The number of nitrogens with two attached hydrogens (primary N) is 1. The van der Waals surface area contributed by atoms with Crippen molar-refractivity contribution in [1.82, 2.24) is 14.8 Å². The van der Waals surface area contributed by atoms with Crippen LogP contribution in [0.4, 0.5) is 0 Å². The Morgan fingerprint density at radius 2 is 2.06 bits per heavy atom. The molecule has 0 aliphatic heterocycles. The first-order chi connectivity index (χ1) is 7.50. The van der Waals surface area contributed by atoms with Crippen LogP contribution in [-0.2, 0) is 11.2 Å². The second kappa shape index (κ2) is 5.96. The molecular formula is C11H22N4O. The van der Waals surface area contributed by atoms with Gasteiger partial charge in [-0.1, -0.05) is 0 Å². The molecule has 0 saturated heterocycles. The fraction of sp³-hybridized carbons (Fsp3) is 0.818. The van der Waals surface area contributed by atoms with Crippen molar-refractivity contribution in [2.45, 2.75) is 52.3 Å². The first-order valence-electron chi connectivity index (χ1n) is 5.76. The molecule has 1 atom stereocenters. The lowest BCUT2D eigenvalue weighted by Gasteiger charge is -2.15. The lowest BCUT2D eigenvalue weighted by molar-refractivity contribution is 0.0678. The Morgan fingerprint density at radius 3 is 2.62 bits per heavy atom. The van der Waals surface area contributed by atoms with E-state index in [1.165, 1.54) is 0 Å². The van der Waals surface area contributed by atoms with Crippen molar-refractivity contribution in [2.24, 2.45) is 5.73 Å². The number of hydrogen-bond acceptors (Lipinski definition) is 4. The van der Waals surface area contributed by atoms with Crippen LogP contribution in [-0.4, -0.2) is 33.5 Å². The second-order valence-electron chi connectivity index (χ2n) is 4.56. The summed E-state index contributed by atoms with van der Waals surface area (Å²) in [7, 11) is 0. The normalized spacial score (nSPS) is 13.7. The van der Waals surface area contributed by atoms with Crippen LogP contribution in [0.1, 0.15) is 39.6 Å². The summed E-state index contributed by atoms with van der Waals surface area (Å²) in [5, 5.41) is 4.17. The molecule has 0 radical (unpaired) electrons. The summed E-state index contributed by atoms with van der Waals surface area (Å²) in [6.07, 6.45) is 2.49. The van der Waals surface area contributed by atoms with Gasteiger partial charge in [0.15, 0.2) is 0 Å². The number of nitrogens with zero attached hydrogens (tertiary/aromatic N) is 3. The summed E-state index contributed by atoms with van der Waals surface area (Å²) in [5.41, 5.74) is 5.98. The van der Waals surface area contributed by atoms with Gasteiger partial charge in [0, 0.05) is 18.5 Å². The maximum atomic E-state index is 5.98. The third-order valence-corrected chi connectivity index (χ3v) is 2.22. The van der Waals surface area contributed by atoms with E-state index in [0.717, 1.165) is 5.82 Å². The maximum Gasteiger partial charge on any atom is 0.138 e. The molecule has 2 N–H and O–H groups in total. The molecule has 1 rings (SSSR count). The van der Waals surface area contributed by atoms with E-state index in [9.17, 15) is 0 Å². The Hall–Kier alpha value is -0.940. The van der Waals surface area contributed by atoms with Gasteiger partial charge < -0.3 is 10.5 Å². The molecule has 0 fully saturated rings. The van der Waals surface area contributed by atoms with Gasteiger partial charge in [-0.2, -0.15) is 5.10 Å². The van der Waals surface area contributed by atoms with Crippen molar-refractivity contribution in [3.05, 3.63) is 12.2 Å². The zero-order valence-corrected chi connectivity index (χ0v) is 10.6. The van der Waals surface area contributed by atoms with E-state index >= 15 is 0 Å². The maximum absolute atomic E-state index is 5.98. The first-order valence-corrected chi connectivity index (χ1v) is 5.76. The SMILES string of the molecule is CC(C)OCC(N)Cc1ncnn1C(C)C. The van der Waals surface area contributed by atoms with Crippen LogP contribution in [0.25, 0.3) is 0 Å². The molecule has 0 spiro atoms. The van der Waals surface area contributed by atoms with E-state index in [1.807, 2.05) is 18.5 Å². The molecule has 0 saturated carbocycles. The molecule has 5 nitrogen and oxygen atoms in total. The minimum atomic E-state index is -0.0240. The van der Waals surface area contributed by atoms with Crippen molar-refractivity contribution in [3.63, 3.8) is 0 Å². The molecule has 0 aliphatic carbocycles. The van der Waals surface area contributed by atoms with Crippen LogP contribution in [0.3, 0.4) is 0 Å². The van der Waals surface area contributed by atoms with Crippen molar-refractivity contribution in [1.29, 1.82) is 0 Å². The van der Waals surface area contributed by atoms with Crippen LogP contribution in [0.2, 0.25) is 0 Å². The van der Waals surface area contributed by atoms with Gasteiger partial charge in [-0.25, -0.2) is 9.67 Å². The molecule has 1 aromatic heterocycles. The fourth-order valence-electron chi connectivity index (χ4n) is 1.46. The monoisotopic (exact) mass is 226 g/mol. The molecule has 16 heavy (non-hydrogen) atoms. The van der Waals surface area contributed by atoms with Gasteiger partial charge in [-0.3, -0.25) is 0 Å². The lowest BCUT2D eigenvalue weighted by atomic mass is 10.2. The van der Waals surface area contributed by atoms with Gasteiger partial charge >= 0.3 is 0 Å². The molecule has 0 aliphatic rings. The van der Waals surface area contributed by atoms with Gasteiger partial charge in [-0.15, -0.1) is 0 Å². The highest BCUT2D eigenvalue weighted by molar-refractivity contribution is 4.90. The first kappa shape index (κ1) is 13.1. The quantitative estimate of drug-likeness (QED) is 0.790. The largest absolute Gasteiger partial charge is 0.377 e. The van der Waals surface area contributed by atoms with E-state index < -0.39 is 0 Å². The van der Waals surface area contributed by atoms with Crippen LogP contribution in [0, 0.1) is 0 Å². The highest BCUT2D eigenvalue weighted by Crippen LogP contribution is 2.07. The summed E-state index contributed by atoms with van der Waals surface area (Å²) in [4.78, 5) is 4.22. The summed E-state index contributed by atoms with van der Waals surface area (Å²) >= 11 is 0. The Kier molecular flexibility index (Phi) is 4.89. The standard InChI is InChI=1S/C11H22N4O/c1-8(2)15-11(13-7-14-15)5-10(12)6-16-9(3)4/h7-10H,5-6,12H2,1-4H3. The molecule has 1 heterocycles. The predicted octanol–water partition coefficient (Wildman–Crippen LogP) is 1.15. The minimum Gasteiger partial charge on any atom is -0.377 e. The highest BCUT2D eigenvalue weighted by atomic mass is 16.5. The fourth-order valence-corrected chi connectivity index (χ4v) is 1.46. The van der Waals surface area contributed by atoms with Crippen molar-refractivity contribution in [2.75, 3.05) is 6.61 Å².